The molecular formula is C16H17NO4. The van der Waals surface area contributed by atoms with E-state index in [1.807, 2.05) is 0 Å². The number of carbonyl (C=O) groups excluding carboxylic acids is 2. The molecule has 1 aromatic rings. The highest BCUT2D eigenvalue weighted by Crippen LogP contribution is 2.48. The monoisotopic (exact) mass is 287 g/mol. The third kappa shape index (κ3) is 1.80. The van der Waals surface area contributed by atoms with Crippen LogP contribution in [0.4, 0.5) is 0 Å². The molecule has 2 aliphatic rings. The lowest BCUT2D eigenvalue weighted by Crippen LogP contribution is -2.54. The molecule has 0 aromatic carbocycles. The average molecular weight is 287 g/mol. The number of allylic oxidation sites excluding steroid dienone is 1. The zero-order chi connectivity index (χ0) is 15.2. The number of methoxy groups -OCH3 is 2. The van der Waals surface area contributed by atoms with E-state index < -0.39 is 11.4 Å². The van der Waals surface area contributed by atoms with Gasteiger partial charge in [-0.1, -0.05) is 18.2 Å². The van der Waals surface area contributed by atoms with Crippen LogP contribution in [0.25, 0.3) is 0 Å². The van der Waals surface area contributed by atoms with Crippen molar-refractivity contribution >= 4 is 11.8 Å². The van der Waals surface area contributed by atoms with Crippen molar-refractivity contribution < 1.29 is 19.1 Å². The molecule has 0 unspecified atom stereocenters. The Morgan fingerprint density at radius 2 is 2.14 bits per heavy atom. The van der Waals surface area contributed by atoms with Crippen LogP contribution in [-0.4, -0.2) is 31.0 Å². The molecule has 0 saturated heterocycles. The van der Waals surface area contributed by atoms with Crippen molar-refractivity contribution in [2.45, 2.75) is 24.7 Å². The summed E-state index contributed by atoms with van der Waals surface area (Å²) in [4.78, 5) is 29.6. The first-order chi connectivity index (χ1) is 10.0. The Labute approximate surface area is 123 Å². The van der Waals surface area contributed by atoms with Crippen LogP contribution in [0.1, 0.15) is 24.1 Å². The second-order valence-corrected chi connectivity index (χ2v) is 5.64. The summed E-state index contributed by atoms with van der Waals surface area (Å²) in [6.45, 7) is 3.99. The van der Waals surface area contributed by atoms with Gasteiger partial charge < -0.3 is 9.47 Å². The van der Waals surface area contributed by atoms with E-state index in [1.54, 1.807) is 19.2 Å². The molecule has 0 radical (unpaired) electrons. The van der Waals surface area contributed by atoms with Crippen LogP contribution in [0.2, 0.25) is 0 Å². The van der Waals surface area contributed by atoms with E-state index in [0.717, 1.165) is 11.3 Å². The van der Waals surface area contributed by atoms with Crippen LogP contribution in [0.15, 0.2) is 24.3 Å². The molecule has 110 valence electrons. The van der Waals surface area contributed by atoms with Gasteiger partial charge in [0.1, 0.15) is 0 Å². The molecule has 1 saturated carbocycles. The molecule has 2 bridgehead atoms. The standard InChI is InChI=1S/C16H17NO4/c1-9-6-10-7-12-11(4-5-13(17-12)20-2)16(8-9,14(10)18)15(19)21-3/h4-5,10H,1,6-8H2,2-3H3/t10-,16-/m0/s1. The van der Waals surface area contributed by atoms with Crippen LogP contribution in [0.3, 0.4) is 0 Å². The highest BCUT2D eigenvalue weighted by atomic mass is 16.5. The van der Waals surface area contributed by atoms with Gasteiger partial charge in [0.05, 0.1) is 14.2 Å². The predicted octanol–water partition coefficient (Wildman–Crippen LogP) is 1.59. The van der Waals surface area contributed by atoms with Crippen LogP contribution < -0.4 is 4.74 Å². The summed E-state index contributed by atoms with van der Waals surface area (Å²) >= 11 is 0. The summed E-state index contributed by atoms with van der Waals surface area (Å²) in [6, 6.07) is 3.43. The Kier molecular flexibility index (Phi) is 3.08. The minimum atomic E-state index is -1.28. The summed E-state index contributed by atoms with van der Waals surface area (Å²) in [7, 11) is 2.85. The van der Waals surface area contributed by atoms with Crippen molar-refractivity contribution in [2.24, 2.45) is 5.92 Å². The van der Waals surface area contributed by atoms with E-state index in [1.165, 1.54) is 7.11 Å². The molecule has 1 aromatic heterocycles. The van der Waals surface area contributed by atoms with Gasteiger partial charge in [0.2, 0.25) is 5.88 Å². The molecule has 1 fully saturated rings. The van der Waals surface area contributed by atoms with E-state index >= 15 is 0 Å². The Bertz CT molecular complexity index is 652. The number of rotatable bonds is 2. The number of pyridine rings is 1. The van der Waals surface area contributed by atoms with Gasteiger partial charge in [0, 0.05) is 24.1 Å². The van der Waals surface area contributed by atoms with Crippen LogP contribution >= 0.6 is 0 Å². The summed E-state index contributed by atoms with van der Waals surface area (Å²) in [5, 5.41) is 0. The van der Waals surface area contributed by atoms with Crippen molar-refractivity contribution in [1.82, 2.24) is 4.98 Å². The van der Waals surface area contributed by atoms with E-state index in [0.29, 0.717) is 30.7 Å². The van der Waals surface area contributed by atoms with Gasteiger partial charge in [-0.3, -0.25) is 9.59 Å². The van der Waals surface area contributed by atoms with Gasteiger partial charge in [0.25, 0.3) is 0 Å². The predicted molar refractivity (Wildman–Crippen MR) is 75.1 cm³/mol. The SMILES string of the molecule is C=C1C[C@H]2Cc3nc(OC)ccc3[C@@](C(=O)OC)(C1)C2=O. The molecule has 2 atom stereocenters. The van der Waals surface area contributed by atoms with Crippen LogP contribution in [-0.2, 0) is 26.2 Å². The fourth-order valence-corrected chi connectivity index (χ4v) is 3.55. The Morgan fingerprint density at radius 3 is 2.81 bits per heavy atom. The van der Waals surface area contributed by atoms with E-state index in [4.69, 9.17) is 9.47 Å². The molecule has 0 N–H and O–H groups in total. The highest BCUT2D eigenvalue weighted by Gasteiger charge is 2.57. The lowest BCUT2D eigenvalue weighted by atomic mass is 9.58. The fraction of sp³-hybridized carbons (Fsp3) is 0.438. The molecule has 1 heterocycles. The number of ketones is 1. The number of esters is 1. The summed E-state index contributed by atoms with van der Waals surface area (Å²) in [5.74, 6) is -0.357. The summed E-state index contributed by atoms with van der Waals surface area (Å²) in [5.41, 5.74) is 1.02. The number of hydrogen-bond acceptors (Lipinski definition) is 5. The van der Waals surface area contributed by atoms with Crippen molar-refractivity contribution in [3.05, 3.63) is 35.5 Å². The summed E-state index contributed by atoms with van der Waals surface area (Å²) < 4.78 is 10.1. The van der Waals surface area contributed by atoms with Crippen LogP contribution in [0, 0.1) is 5.92 Å². The minimum absolute atomic E-state index is 0.0683. The average Bonchev–Trinajstić information content (AvgIpc) is 2.48. The lowest BCUT2D eigenvalue weighted by Gasteiger charge is -2.42. The number of carbonyl (C=O) groups is 2. The highest BCUT2D eigenvalue weighted by molar-refractivity contribution is 6.13. The number of aromatic nitrogens is 1. The van der Waals surface area contributed by atoms with E-state index in [-0.39, 0.29) is 11.7 Å². The topological polar surface area (TPSA) is 65.5 Å². The first kappa shape index (κ1) is 13.8. The number of nitrogens with zero attached hydrogens (tertiary/aromatic N) is 1. The maximum Gasteiger partial charge on any atom is 0.324 e. The third-order valence-corrected chi connectivity index (χ3v) is 4.43. The first-order valence-electron chi connectivity index (χ1n) is 6.86. The van der Waals surface area contributed by atoms with Gasteiger partial charge >= 0.3 is 5.97 Å². The zero-order valence-corrected chi connectivity index (χ0v) is 12.1. The van der Waals surface area contributed by atoms with Gasteiger partial charge in [-0.2, -0.15) is 0 Å². The molecule has 5 heteroatoms. The van der Waals surface area contributed by atoms with E-state index in [2.05, 4.69) is 11.6 Å². The molecule has 3 rings (SSSR count). The van der Waals surface area contributed by atoms with Crippen molar-refractivity contribution in [3.63, 3.8) is 0 Å². The molecule has 0 spiro atoms. The number of Topliss-reactive ketones (excluding diaryl/α,β-unsaturated/α-hetero) is 1. The zero-order valence-electron chi connectivity index (χ0n) is 12.1. The smallest absolute Gasteiger partial charge is 0.324 e. The molecule has 0 amide bonds. The normalized spacial score (nSPS) is 27.0. The van der Waals surface area contributed by atoms with Crippen molar-refractivity contribution in [2.75, 3.05) is 14.2 Å². The maximum absolute atomic E-state index is 12.8. The van der Waals surface area contributed by atoms with Crippen molar-refractivity contribution in [3.8, 4) is 5.88 Å². The molecule has 5 nitrogen and oxygen atoms in total. The molecule has 2 aliphatic carbocycles. The van der Waals surface area contributed by atoms with Gasteiger partial charge in [-0.15, -0.1) is 0 Å². The lowest BCUT2D eigenvalue weighted by molar-refractivity contribution is -0.155. The number of hydrogen-bond donors (Lipinski definition) is 0. The second-order valence-electron chi connectivity index (χ2n) is 5.64. The van der Waals surface area contributed by atoms with Crippen molar-refractivity contribution in [1.29, 1.82) is 0 Å². The number of ether oxygens (including phenoxy) is 2. The Hall–Kier alpha value is -2.17. The van der Waals surface area contributed by atoms with Gasteiger partial charge in [-0.05, 0) is 18.4 Å². The fourth-order valence-electron chi connectivity index (χ4n) is 3.55. The van der Waals surface area contributed by atoms with Gasteiger partial charge in [-0.25, -0.2) is 4.98 Å². The quantitative estimate of drug-likeness (QED) is 0.469. The van der Waals surface area contributed by atoms with Crippen LogP contribution in [0.5, 0.6) is 5.88 Å². The largest absolute Gasteiger partial charge is 0.481 e. The second kappa shape index (κ2) is 4.69. The first-order valence-corrected chi connectivity index (χ1v) is 6.86. The minimum Gasteiger partial charge on any atom is -0.481 e. The molecule has 21 heavy (non-hydrogen) atoms. The molecular weight excluding hydrogens is 270 g/mol. The maximum atomic E-state index is 12.8. The Morgan fingerprint density at radius 1 is 1.38 bits per heavy atom. The van der Waals surface area contributed by atoms with E-state index in [9.17, 15) is 9.59 Å². The molecule has 0 aliphatic heterocycles. The summed E-state index contributed by atoms with van der Waals surface area (Å²) in [6.07, 6.45) is 1.43. The Balaban J connectivity index is 2.24. The van der Waals surface area contributed by atoms with Gasteiger partial charge in [0.15, 0.2) is 11.2 Å². The number of fused-ring (bicyclic) bond motifs is 4. The third-order valence-electron chi connectivity index (χ3n) is 4.43.